The number of hydrogen-bond acceptors (Lipinski definition) is 1. The van der Waals surface area contributed by atoms with Crippen molar-refractivity contribution in [1.29, 1.82) is 0 Å². The van der Waals surface area contributed by atoms with E-state index in [0.29, 0.717) is 0 Å². The van der Waals surface area contributed by atoms with Gasteiger partial charge < -0.3 is 5.32 Å². The molecule has 1 heteroatoms. The molecule has 1 N–H and O–H groups in total. The van der Waals surface area contributed by atoms with Crippen LogP contribution in [0.15, 0.2) is 18.2 Å². The van der Waals surface area contributed by atoms with E-state index in [0.717, 1.165) is 6.54 Å². The predicted molar refractivity (Wildman–Crippen MR) is 66.7 cm³/mol. The van der Waals surface area contributed by atoms with Gasteiger partial charge in [-0.25, -0.2) is 0 Å². The molecule has 0 radical (unpaired) electrons. The van der Waals surface area contributed by atoms with E-state index in [4.69, 9.17) is 0 Å². The van der Waals surface area contributed by atoms with E-state index in [9.17, 15) is 0 Å². The first-order valence-electron chi connectivity index (χ1n) is 5.70. The van der Waals surface area contributed by atoms with Gasteiger partial charge in [-0.15, -0.1) is 0 Å². The Kier molecular flexibility index (Phi) is 2.11. The van der Waals surface area contributed by atoms with Crippen LogP contribution in [0.1, 0.15) is 45.7 Å². The van der Waals surface area contributed by atoms with Crippen LogP contribution < -0.4 is 5.32 Å². The van der Waals surface area contributed by atoms with Crippen molar-refractivity contribution in [3.63, 3.8) is 0 Å². The molecule has 0 spiro atoms. The number of hydrogen-bond donors (Lipinski definition) is 1. The fraction of sp³-hybridized carbons (Fsp3) is 0.571. The average molecular weight is 203 g/mol. The Balaban J connectivity index is 2.51. The normalized spacial score (nSPS) is 18.5. The molecule has 0 atom stereocenters. The largest absolute Gasteiger partial charge is 0.384 e. The van der Waals surface area contributed by atoms with Crippen molar-refractivity contribution in [1.82, 2.24) is 0 Å². The van der Waals surface area contributed by atoms with E-state index in [1.807, 2.05) is 0 Å². The van der Waals surface area contributed by atoms with Gasteiger partial charge in [0.25, 0.3) is 0 Å². The zero-order valence-electron chi connectivity index (χ0n) is 10.4. The second kappa shape index (κ2) is 3.01. The lowest BCUT2D eigenvalue weighted by atomic mass is 9.81. The molecule has 82 valence electrons. The van der Waals surface area contributed by atoms with Gasteiger partial charge >= 0.3 is 0 Å². The lowest BCUT2D eigenvalue weighted by molar-refractivity contribution is 0.570. The van der Waals surface area contributed by atoms with Gasteiger partial charge in [0.1, 0.15) is 0 Å². The fourth-order valence-electron chi connectivity index (χ4n) is 2.14. The first kappa shape index (κ1) is 10.5. The molecule has 0 aromatic heterocycles. The molecule has 0 bridgehead atoms. The lowest BCUT2D eigenvalue weighted by Gasteiger charge is -2.23. The third-order valence-corrected chi connectivity index (χ3v) is 3.34. The van der Waals surface area contributed by atoms with Crippen molar-refractivity contribution >= 4 is 5.69 Å². The Morgan fingerprint density at radius 1 is 1.20 bits per heavy atom. The standard InChI is InChI=1S/C14H21N/c1-13(2,3)10-6-7-12-11(8-10)14(4,5)9-15-12/h6-8,15H,9H2,1-5H3. The van der Waals surface area contributed by atoms with Crippen LogP contribution in [0, 0.1) is 0 Å². The molecule has 2 rings (SSSR count). The minimum Gasteiger partial charge on any atom is -0.384 e. The van der Waals surface area contributed by atoms with Crippen LogP contribution in [-0.2, 0) is 10.8 Å². The number of benzene rings is 1. The van der Waals surface area contributed by atoms with Gasteiger partial charge in [0.05, 0.1) is 0 Å². The number of fused-ring (bicyclic) bond motifs is 1. The molecule has 1 nitrogen and oxygen atoms in total. The summed E-state index contributed by atoms with van der Waals surface area (Å²) < 4.78 is 0. The van der Waals surface area contributed by atoms with Crippen molar-refractivity contribution in [2.75, 3.05) is 11.9 Å². The highest BCUT2D eigenvalue weighted by atomic mass is 14.9. The monoisotopic (exact) mass is 203 g/mol. The Labute approximate surface area is 92.9 Å². The maximum Gasteiger partial charge on any atom is 0.0379 e. The topological polar surface area (TPSA) is 12.0 Å². The zero-order valence-corrected chi connectivity index (χ0v) is 10.4. The van der Waals surface area contributed by atoms with Crippen molar-refractivity contribution in [2.24, 2.45) is 0 Å². The Bertz CT molecular complexity index is 383. The summed E-state index contributed by atoms with van der Waals surface area (Å²) in [5.74, 6) is 0. The van der Waals surface area contributed by atoms with Crippen LogP contribution in [0.5, 0.6) is 0 Å². The molecule has 1 aliphatic heterocycles. The fourth-order valence-corrected chi connectivity index (χ4v) is 2.14. The summed E-state index contributed by atoms with van der Waals surface area (Å²) in [4.78, 5) is 0. The van der Waals surface area contributed by atoms with E-state index in [2.05, 4.69) is 58.1 Å². The maximum atomic E-state index is 3.47. The molecule has 0 aliphatic carbocycles. The van der Waals surface area contributed by atoms with Crippen LogP contribution in [0.25, 0.3) is 0 Å². The molecule has 0 saturated carbocycles. The summed E-state index contributed by atoms with van der Waals surface area (Å²) in [5.41, 5.74) is 4.73. The summed E-state index contributed by atoms with van der Waals surface area (Å²) in [5, 5.41) is 3.47. The summed E-state index contributed by atoms with van der Waals surface area (Å²) in [6.07, 6.45) is 0. The Morgan fingerprint density at radius 2 is 1.87 bits per heavy atom. The van der Waals surface area contributed by atoms with Gasteiger partial charge in [-0.05, 0) is 22.6 Å². The summed E-state index contributed by atoms with van der Waals surface area (Å²) in [6, 6.07) is 6.84. The molecule has 1 aromatic rings. The summed E-state index contributed by atoms with van der Waals surface area (Å²) >= 11 is 0. The highest BCUT2D eigenvalue weighted by molar-refractivity contribution is 5.61. The average Bonchev–Trinajstić information content (AvgIpc) is 2.41. The summed E-state index contributed by atoms with van der Waals surface area (Å²) in [6.45, 7) is 12.5. The van der Waals surface area contributed by atoms with Gasteiger partial charge in [0.15, 0.2) is 0 Å². The van der Waals surface area contributed by atoms with Crippen molar-refractivity contribution in [2.45, 2.75) is 45.4 Å². The SMILES string of the molecule is CC(C)(C)c1ccc2c(c1)C(C)(C)CN2. The van der Waals surface area contributed by atoms with E-state index in [-0.39, 0.29) is 10.8 Å². The van der Waals surface area contributed by atoms with Gasteiger partial charge in [-0.1, -0.05) is 46.8 Å². The zero-order chi connectivity index (χ0) is 11.3. The van der Waals surface area contributed by atoms with Crippen LogP contribution in [-0.4, -0.2) is 6.54 Å². The maximum absolute atomic E-state index is 3.47. The third-order valence-electron chi connectivity index (χ3n) is 3.34. The number of nitrogens with one attached hydrogen (secondary N) is 1. The van der Waals surface area contributed by atoms with Gasteiger partial charge in [-0.3, -0.25) is 0 Å². The summed E-state index contributed by atoms with van der Waals surface area (Å²) in [7, 11) is 0. The molecular weight excluding hydrogens is 182 g/mol. The molecule has 15 heavy (non-hydrogen) atoms. The molecular formula is C14H21N. The van der Waals surface area contributed by atoms with Crippen LogP contribution >= 0.6 is 0 Å². The highest BCUT2D eigenvalue weighted by Crippen LogP contribution is 2.38. The smallest absolute Gasteiger partial charge is 0.0379 e. The second-order valence-corrected chi connectivity index (χ2v) is 6.25. The molecule has 1 aromatic carbocycles. The van der Waals surface area contributed by atoms with Gasteiger partial charge in [0, 0.05) is 17.6 Å². The molecule has 0 unspecified atom stereocenters. The molecule has 1 heterocycles. The molecule has 0 fully saturated rings. The second-order valence-electron chi connectivity index (χ2n) is 6.25. The Morgan fingerprint density at radius 3 is 2.47 bits per heavy atom. The van der Waals surface area contributed by atoms with Crippen molar-refractivity contribution in [3.8, 4) is 0 Å². The number of anilines is 1. The van der Waals surface area contributed by atoms with Crippen LogP contribution in [0.4, 0.5) is 5.69 Å². The van der Waals surface area contributed by atoms with Gasteiger partial charge in [0.2, 0.25) is 0 Å². The highest BCUT2D eigenvalue weighted by Gasteiger charge is 2.30. The molecule has 1 aliphatic rings. The van der Waals surface area contributed by atoms with Crippen LogP contribution in [0.3, 0.4) is 0 Å². The van der Waals surface area contributed by atoms with Gasteiger partial charge in [-0.2, -0.15) is 0 Å². The van der Waals surface area contributed by atoms with E-state index < -0.39 is 0 Å². The Hall–Kier alpha value is -0.980. The van der Waals surface area contributed by atoms with Crippen molar-refractivity contribution < 1.29 is 0 Å². The first-order chi connectivity index (χ1) is 6.81. The minimum atomic E-state index is 0.244. The quantitative estimate of drug-likeness (QED) is 0.678. The van der Waals surface area contributed by atoms with E-state index in [1.54, 1.807) is 0 Å². The minimum absolute atomic E-state index is 0.244. The van der Waals surface area contributed by atoms with E-state index >= 15 is 0 Å². The molecule has 0 saturated heterocycles. The van der Waals surface area contributed by atoms with Crippen molar-refractivity contribution in [3.05, 3.63) is 29.3 Å². The van der Waals surface area contributed by atoms with E-state index in [1.165, 1.54) is 16.8 Å². The molecule has 0 amide bonds. The predicted octanol–water partition coefficient (Wildman–Crippen LogP) is 3.69. The first-order valence-corrected chi connectivity index (χ1v) is 5.70. The third kappa shape index (κ3) is 1.75. The number of rotatable bonds is 0. The lowest BCUT2D eigenvalue weighted by Crippen LogP contribution is -2.20. The van der Waals surface area contributed by atoms with Crippen LogP contribution in [0.2, 0.25) is 0 Å².